The van der Waals surface area contributed by atoms with Gasteiger partial charge in [-0.1, -0.05) is 6.92 Å². The van der Waals surface area contributed by atoms with Crippen molar-refractivity contribution < 1.29 is 13.9 Å². The van der Waals surface area contributed by atoms with E-state index in [2.05, 4.69) is 22.0 Å². The first-order valence-corrected chi connectivity index (χ1v) is 9.04. The minimum absolute atomic E-state index is 0.296. The van der Waals surface area contributed by atoms with Gasteiger partial charge in [-0.25, -0.2) is 9.59 Å². The van der Waals surface area contributed by atoms with E-state index in [-0.39, 0.29) is 5.63 Å². The molecule has 0 aliphatic carbocycles. The lowest BCUT2D eigenvalue weighted by molar-refractivity contribution is 0.132. The molecule has 1 aliphatic heterocycles. The Morgan fingerprint density at radius 1 is 1.15 bits per heavy atom. The van der Waals surface area contributed by atoms with Gasteiger partial charge in [-0.2, -0.15) is 0 Å². The predicted octanol–water partition coefficient (Wildman–Crippen LogP) is 2.50. The molecule has 1 N–H and O–H groups in total. The molecule has 0 saturated carbocycles. The van der Waals surface area contributed by atoms with Crippen LogP contribution in [0.15, 0.2) is 33.5 Å². The predicted molar refractivity (Wildman–Crippen MR) is 101 cm³/mol. The molecule has 1 aromatic heterocycles. The molecule has 1 saturated heterocycles. The summed E-state index contributed by atoms with van der Waals surface area (Å²) in [6.45, 7) is 10.1. The Labute approximate surface area is 152 Å². The average Bonchev–Trinajstić information content (AvgIpc) is 2.62. The zero-order valence-corrected chi connectivity index (χ0v) is 15.3. The highest BCUT2D eigenvalue weighted by atomic mass is 16.5. The van der Waals surface area contributed by atoms with E-state index in [0.717, 1.165) is 43.7 Å². The van der Waals surface area contributed by atoms with Crippen molar-refractivity contribution in [3.63, 3.8) is 0 Å². The molecule has 140 valence electrons. The van der Waals surface area contributed by atoms with Crippen LogP contribution in [0.25, 0.3) is 11.0 Å². The minimum atomic E-state index is -0.529. The Bertz CT molecular complexity index is 825. The third-order valence-corrected chi connectivity index (χ3v) is 4.66. The molecule has 3 rings (SSSR count). The van der Waals surface area contributed by atoms with Gasteiger partial charge in [0, 0.05) is 55.9 Å². The monoisotopic (exact) mass is 359 g/mol. The van der Waals surface area contributed by atoms with E-state index in [1.54, 1.807) is 25.1 Å². The first-order valence-electron chi connectivity index (χ1n) is 9.04. The summed E-state index contributed by atoms with van der Waals surface area (Å²) in [5.74, 6) is 0. The normalized spacial score (nSPS) is 15.9. The van der Waals surface area contributed by atoms with Gasteiger partial charge in [-0.05, 0) is 31.2 Å². The van der Waals surface area contributed by atoms with E-state index in [0.29, 0.717) is 24.4 Å². The number of amides is 1. The molecule has 0 atom stereocenters. The maximum Gasteiger partial charge on any atom is 0.411 e. The number of carbonyl (C=O) groups is 1. The summed E-state index contributed by atoms with van der Waals surface area (Å²) in [5.41, 5.74) is 1.57. The Kier molecular flexibility index (Phi) is 5.90. The highest BCUT2D eigenvalue weighted by Crippen LogP contribution is 2.23. The van der Waals surface area contributed by atoms with Crippen LogP contribution < -0.4 is 10.9 Å². The highest BCUT2D eigenvalue weighted by Gasteiger charge is 2.17. The number of carbonyl (C=O) groups excluding carboxylic acids is 1. The van der Waals surface area contributed by atoms with Gasteiger partial charge in [0.05, 0.1) is 6.61 Å². The van der Waals surface area contributed by atoms with Crippen molar-refractivity contribution in [3.05, 3.63) is 40.2 Å². The highest BCUT2D eigenvalue weighted by molar-refractivity contribution is 5.89. The van der Waals surface area contributed by atoms with E-state index in [9.17, 15) is 9.59 Å². The van der Waals surface area contributed by atoms with Gasteiger partial charge >= 0.3 is 11.7 Å². The number of hydrogen-bond acceptors (Lipinski definition) is 6. The van der Waals surface area contributed by atoms with Crippen molar-refractivity contribution in [3.8, 4) is 0 Å². The van der Waals surface area contributed by atoms with Crippen LogP contribution in [0.5, 0.6) is 0 Å². The van der Waals surface area contributed by atoms with Gasteiger partial charge in [0.25, 0.3) is 0 Å². The Morgan fingerprint density at radius 2 is 1.88 bits per heavy atom. The van der Waals surface area contributed by atoms with Crippen LogP contribution in [-0.4, -0.2) is 55.2 Å². The fourth-order valence-electron chi connectivity index (χ4n) is 3.23. The molecule has 0 unspecified atom stereocenters. The maximum absolute atomic E-state index is 12.0. The molecule has 7 heteroatoms. The number of benzene rings is 1. The zero-order valence-electron chi connectivity index (χ0n) is 15.3. The number of nitrogens with one attached hydrogen (secondary N) is 1. The third kappa shape index (κ3) is 4.42. The maximum atomic E-state index is 12.0. The summed E-state index contributed by atoms with van der Waals surface area (Å²) < 4.78 is 10.2. The Hall–Kier alpha value is -2.38. The van der Waals surface area contributed by atoms with Crippen molar-refractivity contribution in [1.82, 2.24) is 9.80 Å². The van der Waals surface area contributed by atoms with E-state index >= 15 is 0 Å². The number of fused-ring (bicyclic) bond motifs is 1. The van der Waals surface area contributed by atoms with Crippen LogP contribution in [0.4, 0.5) is 10.5 Å². The second kappa shape index (κ2) is 8.33. The van der Waals surface area contributed by atoms with Gasteiger partial charge < -0.3 is 14.1 Å². The number of piperazine rings is 1. The van der Waals surface area contributed by atoms with Gasteiger partial charge in [0.1, 0.15) is 5.58 Å². The fourth-order valence-corrected chi connectivity index (χ4v) is 3.23. The van der Waals surface area contributed by atoms with Crippen LogP contribution in [0.1, 0.15) is 19.4 Å². The number of anilines is 1. The topological polar surface area (TPSA) is 75.0 Å². The molecule has 0 radical (unpaired) electrons. The second-order valence-electron chi connectivity index (χ2n) is 6.36. The van der Waals surface area contributed by atoms with Crippen LogP contribution >= 0.6 is 0 Å². The standard InChI is InChI=1S/C19H25N3O4/c1-3-21-7-9-22(10-8-21)13-14-11-18(23)26-17-12-15(5-6-16(14)17)20-19(24)25-4-2/h5-6,11-12H,3-4,7-10,13H2,1-2H3,(H,20,24). The summed E-state index contributed by atoms with van der Waals surface area (Å²) in [7, 11) is 0. The molecule has 2 aromatic rings. The van der Waals surface area contributed by atoms with Crippen molar-refractivity contribution in [2.45, 2.75) is 20.4 Å². The molecular weight excluding hydrogens is 334 g/mol. The summed E-state index contributed by atoms with van der Waals surface area (Å²) in [6, 6.07) is 6.88. The summed E-state index contributed by atoms with van der Waals surface area (Å²) in [4.78, 5) is 28.3. The fraction of sp³-hybridized carbons (Fsp3) is 0.474. The molecule has 0 bridgehead atoms. The van der Waals surface area contributed by atoms with Crippen molar-refractivity contribution in [2.24, 2.45) is 0 Å². The van der Waals surface area contributed by atoms with Gasteiger partial charge in [-0.15, -0.1) is 0 Å². The second-order valence-corrected chi connectivity index (χ2v) is 6.36. The van der Waals surface area contributed by atoms with Crippen LogP contribution in [-0.2, 0) is 11.3 Å². The van der Waals surface area contributed by atoms with E-state index < -0.39 is 6.09 Å². The lowest BCUT2D eigenvalue weighted by Crippen LogP contribution is -2.45. The zero-order chi connectivity index (χ0) is 18.5. The van der Waals surface area contributed by atoms with E-state index in [1.807, 2.05) is 6.07 Å². The summed E-state index contributed by atoms with van der Waals surface area (Å²) >= 11 is 0. The molecule has 0 spiro atoms. The molecule has 7 nitrogen and oxygen atoms in total. The molecular formula is C19H25N3O4. The molecule has 1 aliphatic rings. The average molecular weight is 359 g/mol. The largest absolute Gasteiger partial charge is 0.450 e. The van der Waals surface area contributed by atoms with Gasteiger partial charge in [0.15, 0.2) is 0 Å². The number of hydrogen-bond donors (Lipinski definition) is 1. The molecule has 26 heavy (non-hydrogen) atoms. The van der Waals surface area contributed by atoms with Gasteiger partial charge in [-0.3, -0.25) is 10.2 Å². The van der Waals surface area contributed by atoms with Crippen molar-refractivity contribution in [2.75, 3.05) is 44.6 Å². The smallest absolute Gasteiger partial charge is 0.411 e. The number of rotatable bonds is 5. The van der Waals surface area contributed by atoms with Crippen LogP contribution in [0.3, 0.4) is 0 Å². The quantitative estimate of drug-likeness (QED) is 0.827. The molecule has 1 amide bonds. The van der Waals surface area contributed by atoms with Crippen molar-refractivity contribution in [1.29, 1.82) is 0 Å². The van der Waals surface area contributed by atoms with Crippen LogP contribution in [0.2, 0.25) is 0 Å². The molecule has 2 heterocycles. The first kappa shape index (κ1) is 18.4. The summed E-state index contributed by atoms with van der Waals surface area (Å²) in [5, 5.41) is 3.51. The lowest BCUT2D eigenvalue weighted by atomic mass is 10.1. The van der Waals surface area contributed by atoms with E-state index in [1.165, 1.54) is 0 Å². The summed E-state index contributed by atoms with van der Waals surface area (Å²) in [6.07, 6.45) is -0.529. The van der Waals surface area contributed by atoms with Gasteiger partial charge in [0.2, 0.25) is 0 Å². The molecule has 1 fully saturated rings. The lowest BCUT2D eigenvalue weighted by Gasteiger charge is -2.34. The SMILES string of the molecule is CCOC(=O)Nc1ccc2c(CN3CCN(CC)CC3)cc(=O)oc2c1. The number of likely N-dealkylation sites (N-methyl/N-ethyl adjacent to an activating group) is 1. The van der Waals surface area contributed by atoms with Crippen molar-refractivity contribution >= 4 is 22.7 Å². The Morgan fingerprint density at radius 3 is 2.58 bits per heavy atom. The van der Waals surface area contributed by atoms with Crippen LogP contribution in [0, 0.1) is 0 Å². The number of nitrogens with zero attached hydrogens (tertiary/aromatic N) is 2. The van der Waals surface area contributed by atoms with E-state index in [4.69, 9.17) is 9.15 Å². The number of ether oxygens (including phenoxy) is 1. The Balaban J connectivity index is 1.80. The third-order valence-electron chi connectivity index (χ3n) is 4.66. The first-order chi connectivity index (χ1) is 12.6. The minimum Gasteiger partial charge on any atom is -0.450 e. The molecule has 1 aromatic carbocycles.